The van der Waals surface area contributed by atoms with Crippen molar-refractivity contribution in [1.82, 2.24) is 4.90 Å². The van der Waals surface area contributed by atoms with E-state index in [0.29, 0.717) is 36.0 Å². The first kappa shape index (κ1) is 19.7. The lowest BCUT2D eigenvalue weighted by molar-refractivity contribution is -0.122. The molecule has 2 rings (SSSR count). The van der Waals surface area contributed by atoms with Gasteiger partial charge < -0.3 is 9.47 Å². The number of allylic oxidation sites excluding steroid dienone is 1. The predicted molar refractivity (Wildman–Crippen MR) is 104 cm³/mol. The number of amides is 2. The van der Waals surface area contributed by atoms with Crippen molar-refractivity contribution in [2.75, 3.05) is 19.8 Å². The number of hydrogen-bond donors (Lipinski definition) is 0. The Kier molecular flexibility index (Phi) is 6.93. The number of terminal acetylenes is 1. The molecule has 0 atom stereocenters. The third kappa shape index (κ3) is 4.30. The Morgan fingerprint density at radius 1 is 1.27 bits per heavy atom. The molecule has 1 aliphatic heterocycles. The van der Waals surface area contributed by atoms with Crippen molar-refractivity contribution < 1.29 is 19.1 Å². The zero-order valence-electron chi connectivity index (χ0n) is 14.9. The Morgan fingerprint density at radius 2 is 2.00 bits per heavy atom. The lowest BCUT2D eigenvalue weighted by Crippen LogP contribution is -2.28. The van der Waals surface area contributed by atoms with Gasteiger partial charge in [0.1, 0.15) is 0 Å². The van der Waals surface area contributed by atoms with Crippen molar-refractivity contribution in [2.24, 2.45) is 0 Å². The number of nitrogens with zero attached hydrogens (tertiary/aromatic N) is 1. The van der Waals surface area contributed by atoms with Gasteiger partial charge in [0.25, 0.3) is 11.1 Å². The standard InChI is InChI=1S/C20H21NO4S/c1-5-9-15-11-14(12-16(24-7-3)18(15)25-8-4)13-17-19(22)21(10-6-2)20(23)26-17/h2,5,11-13H,1,7-10H2,3-4H3/b17-13+. The van der Waals surface area contributed by atoms with E-state index in [0.717, 1.165) is 27.8 Å². The van der Waals surface area contributed by atoms with Crippen LogP contribution in [0.4, 0.5) is 4.79 Å². The SMILES string of the molecule is C#CCN1C(=O)S/C(=C/c2cc(CC=C)c(OCC)c(OCC)c2)C1=O. The lowest BCUT2D eigenvalue weighted by atomic mass is 10.0. The monoisotopic (exact) mass is 371 g/mol. The summed E-state index contributed by atoms with van der Waals surface area (Å²) in [6.07, 6.45) is 9.26. The van der Waals surface area contributed by atoms with Crippen molar-refractivity contribution in [3.05, 3.63) is 40.8 Å². The van der Waals surface area contributed by atoms with Gasteiger partial charge in [-0.05, 0) is 55.8 Å². The Labute approximate surface area is 158 Å². The summed E-state index contributed by atoms with van der Waals surface area (Å²) >= 11 is 0.880. The molecule has 26 heavy (non-hydrogen) atoms. The quantitative estimate of drug-likeness (QED) is 0.394. The van der Waals surface area contributed by atoms with Crippen LogP contribution in [0.15, 0.2) is 29.7 Å². The summed E-state index contributed by atoms with van der Waals surface area (Å²) in [5.74, 6) is 3.22. The van der Waals surface area contributed by atoms with E-state index < -0.39 is 0 Å². The summed E-state index contributed by atoms with van der Waals surface area (Å²) < 4.78 is 11.4. The van der Waals surface area contributed by atoms with E-state index in [1.807, 2.05) is 19.9 Å². The number of ether oxygens (including phenoxy) is 2. The zero-order chi connectivity index (χ0) is 19.1. The Bertz CT molecular complexity index is 792. The van der Waals surface area contributed by atoms with Gasteiger partial charge in [0, 0.05) is 5.56 Å². The van der Waals surface area contributed by atoms with E-state index in [-0.39, 0.29) is 17.7 Å². The number of hydrogen-bond acceptors (Lipinski definition) is 5. The second-order valence-electron chi connectivity index (χ2n) is 5.34. The summed E-state index contributed by atoms with van der Waals surface area (Å²) in [5.41, 5.74) is 1.65. The zero-order valence-corrected chi connectivity index (χ0v) is 15.7. The summed E-state index contributed by atoms with van der Waals surface area (Å²) in [6, 6.07) is 3.71. The molecule has 0 N–H and O–H groups in total. The Hall–Kier alpha value is -2.65. The van der Waals surface area contributed by atoms with Crippen LogP contribution in [0.2, 0.25) is 0 Å². The predicted octanol–water partition coefficient (Wildman–Crippen LogP) is 3.88. The minimum absolute atomic E-state index is 0.0306. The van der Waals surface area contributed by atoms with Gasteiger partial charge in [0.05, 0.1) is 24.7 Å². The fraction of sp³-hybridized carbons (Fsp3) is 0.300. The molecule has 6 heteroatoms. The first-order valence-electron chi connectivity index (χ1n) is 8.27. The van der Waals surface area contributed by atoms with Crippen LogP contribution in [0.1, 0.15) is 25.0 Å². The van der Waals surface area contributed by atoms with Crippen LogP contribution in [0.25, 0.3) is 6.08 Å². The van der Waals surface area contributed by atoms with E-state index in [9.17, 15) is 9.59 Å². The molecule has 0 aromatic heterocycles. The fourth-order valence-electron chi connectivity index (χ4n) is 2.52. The molecule has 5 nitrogen and oxygen atoms in total. The van der Waals surface area contributed by atoms with Crippen LogP contribution in [0.5, 0.6) is 11.5 Å². The molecule has 1 fully saturated rings. The molecular formula is C20H21NO4S. The molecule has 0 radical (unpaired) electrons. The fourth-order valence-corrected chi connectivity index (χ4v) is 3.36. The van der Waals surface area contributed by atoms with Crippen molar-refractivity contribution in [3.8, 4) is 23.8 Å². The third-order valence-corrected chi connectivity index (χ3v) is 4.44. The largest absolute Gasteiger partial charge is 0.490 e. The lowest BCUT2D eigenvalue weighted by Gasteiger charge is -2.16. The highest BCUT2D eigenvalue weighted by Crippen LogP contribution is 2.37. The second-order valence-corrected chi connectivity index (χ2v) is 6.33. The minimum atomic E-state index is -0.380. The summed E-state index contributed by atoms with van der Waals surface area (Å²) in [5, 5.41) is -0.360. The van der Waals surface area contributed by atoms with Gasteiger partial charge in [-0.25, -0.2) is 0 Å². The van der Waals surface area contributed by atoms with Crippen LogP contribution >= 0.6 is 11.8 Å². The maximum atomic E-state index is 12.3. The number of carbonyl (C=O) groups excluding carboxylic acids is 2. The van der Waals surface area contributed by atoms with E-state index >= 15 is 0 Å². The average Bonchev–Trinajstić information content (AvgIpc) is 2.86. The number of imide groups is 1. The van der Waals surface area contributed by atoms with Crippen molar-refractivity contribution in [2.45, 2.75) is 20.3 Å². The van der Waals surface area contributed by atoms with Crippen molar-refractivity contribution >= 4 is 29.0 Å². The van der Waals surface area contributed by atoms with Gasteiger partial charge in [-0.3, -0.25) is 14.5 Å². The Balaban J connectivity index is 2.46. The minimum Gasteiger partial charge on any atom is -0.490 e. The highest BCUT2D eigenvalue weighted by Gasteiger charge is 2.34. The molecule has 0 saturated carbocycles. The smallest absolute Gasteiger partial charge is 0.294 e. The molecule has 136 valence electrons. The summed E-state index contributed by atoms with van der Waals surface area (Å²) in [4.78, 5) is 25.7. The number of benzene rings is 1. The van der Waals surface area contributed by atoms with Gasteiger partial charge in [0.2, 0.25) is 0 Å². The summed E-state index contributed by atoms with van der Waals surface area (Å²) in [6.45, 7) is 8.53. The van der Waals surface area contributed by atoms with E-state index in [4.69, 9.17) is 15.9 Å². The van der Waals surface area contributed by atoms with E-state index in [1.165, 1.54) is 0 Å². The molecule has 0 aliphatic carbocycles. The molecule has 1 saturated heterocycles. The van der Waals surface area contributed by atoms with Crippen LogP contribution in [-0.4, -0.2) is 35.8 Å². The van der Waals surface area contributed by atoms with Crippen molar-refractivity contribution in [1.29, 1.82) is 0 Å². The molecule has 1 aromatic carbocycles. The number of carbonyl (C=O) groups is 2. The van der Waals surface area contributed by atoms with E-state index in [1.54, 1.807) is 18.2 Å². The van der Waals surface area contributed by atoms with Crippen LogP contribution in [-0.2, 0) is 11.2 Å². The highest BCUT2D eigenvalue weighted by atomic mass is 32.2. The molecule has 1 aliphatic rings. The van der Waals surface area contributed by atoms with Crippen LogP contribution in [0, 0.1) is 12.3 Å². The molecular weight excluding hydrogens is 350 g/mol. The average molecular weight is 371 g/mol. The molecule has 0 bridgehead atoms. The molecule has 0 unspecified atom stereocenters. The number of thioether (sulfide) groups is 1. The topological polar surface area (TPSA) is 55.8 Å². The first-order valence-corrected chi connectivity index (χ1v) is 9.09. The highest BCUT2D eigenvalue weighted by molar-refractivity contribution is 8.18. The Morgan fingerprint density at radius 3 is 2.62 bits per heavy atom. The maximum absolute atomic E-state index is 12.3. The van der Waals surface area contributed by atoms with Gasteiger partial charge in [0.15, 0.2) is 11.5 Å². The second kappa shape index (κ2) is 9.16. The normalized spacial score (nSPS) is 15.3. The van der Waals surface area contributed by atoms with Crippen molar-refractivity contribution in [3.63, 3.8) is 0 Å². The van der Waals surface area contributed by atoms with Gasteiger partial charge >= 0.3 is 0 Å². The molecule has 1 aromatic rings. The van der Waals surface area contributed by atoms with E-state index in [2.05, 4.69) is 12.5 Å². The van der Waals surface area contributed by atoms with Gasteiger partial charge in [-0.15, -0.1) is 13.0 Å². The van der Waals surface area contributed by atoms with Gasteiger partial charge in [-0.1, -0.05) is 12.0 Å². The molecule has 1 heterocycles. The molecule has 0 spiro atoms. The maximum Gasteiger partial charge on any atom is 0.294 e. The molecule has 2 amide bonds. The summed E-state index contributed by atoms with van der Waals surface area (Å²) in [7, 11) is 0. The first-order chi connectivity index (χ1) is 12.5. The number of rotatable bonds is 8. The van der Waals surface area contributed by atoms with Crippen LogP contribution < -0.4 is 9.47 Å². The van der Waals surface area contributed by atoms with Gasteiger partial charge in [-0.2, -0.15) is 0 Å². The van der Waals surface area contributed by atoms with Crippen LogP contribution in [0.3, 0.4) is 0 Å². The third-order valence-electron chi connectivity index (χ3n) is 3.53.